The Kier molecular flexibility index (Phi) is 6.68. The molecule has 5 rings (SSSR count). The van der Waals surface area contributed by atoms with Crippen molar-refractivity contribution in [2.75, 3.05) is 74.5 Å². The fourth-order valence-corrected chi connectivity index (χ4v) is 4.77. The van der Waals surface area contributed by atoms with Gasteiger partial charge in [0.15, 0.2) is 11.8 Å². The summed E-state index contributed by atoms with van der Waals surface area (Å²) in [6, 6.07) is 2.09. The van der Waals surface area contributed by atoms with E-state index in [0.717, 1.165) is 69.1 Å². The Morgan fingerprint density at radius 3 is 2.59 bits per heavy atom. The number of rotatable bonds is 9. The van der Waals surface area contributed by atoms with E-state index in [0.29, 0.717) is 18.3 Å². The molecule has 1 unspecified atom stereocenters. The van der Waals surface area contributed by atoms with Crippen LogP contribution >= 0.6 is 0 Å². The number of aromatic amines is 1. The third-order valence-electron chi connectivity index (χ3n) is 6.84. The standard InChI is InChI=1S/C22H36N12/c1-31(12-13-34-19(23)18-20(27-15-26-18)30-21(34)24)11-6-25-16-14-17(32-7-2-3-8-32)29-22(28-16)33-9-4-5-10-33/h14-15,19H,2-13,23H2,1H3,(H2,24,30)(H,26,27)(H,25,28,29). The quantitative estimate of drug-likeness (QED) is 0.414. The molecule has 0 radical (unpaired) electrons. The van der Waals surface area contributed by atoms with Gasteiger partial charge < -0.3 is 41.4 Å². The topological polar surface area (TPSA) is 144 Å². The second-order valence-corrected chi connectivity index (χ2v) is 9.28. The largest absolute Gasteiger partial charge is 0.369 e. The van der Waals surface area contributed by atoms with Crippen LogP contribution in [0.3, 0.4) is 0 Å². The molecule has 12 nitrogen and oxygen atoms in total. The molecule has 2 saturated heterocycles. The molecule has 0 spiro atoms. The van der Waals surface area contributed by atoms with Crippen LogP contribution in [0.25, 0.3) is 0 Å². The molecular formula is C22H36N12. The number of aliphatic imine (C=N–C) groups is 1. The maximum atomic E-state index is 6.36. The minimum Gasteiger partial charge on any atom is -0.369 e. The molecule has 2 fully saturated rings. The summed E-state index contributed by atoms with van der Waals surface area (Å²) in [5, 5.41) is 3.52. The van der Waals surface area contributed by atoms with Crippen LogP contribution in [0, 0.1) is 0 Å². The van der Waals surface area contributed by atoms with Gasteiger partial charge in [-0.2, -0.15) is 15.0 Å². The Hall–Kier alpha value is -3.12. The summed E-state index contributed by atoms with van der Waals surface area (Å²) >= 11 is 0. The Morgan fingerprint density at radius 2 is 1.82 bits per heavy atom. The number of guanidine groups is 1. The Morgan fingerprint density at radius 1 is 1.09 bits per heavy atom. The molecule has 0 aromatic carbocycles. The lowest BCUT2D eigenvalue weighted by atomic mass is 10.2. The van der Waals surface area contributed by atoms with E-state index < -0.39 is 0 Å². The van der Waals surface area contributed by atoms with Crippen molar-refractivity contribution in [2.24, 2.45) is 16.5 Å². The zero-order chi connectivity index (χ0) is 23.5. The predicted molar refractivity (Wildman–Crippen MR) is 134 cm³/mol. The second kappa shape index (κ2) is 10.0. The van der Waals surface area contributed by atoms with Crippen molar-refractivity contribution in [2.45, 2.75) is 31.8 Å². The molecule has 2 aromatic rings. The van der Waals surface area contributed by atoms with Gasteiger partial charge in [-0.1, -0.05) is 0 Å². The summed E-state index contributed by atoms with van der Waals surface area (Å²) in [4.78, 5) is 30.1. The monoisotopic (exact) mass is 468 g/mol. The van der Waals surface area contributed by atoms with E-state index in [1.165, 1.54) is 25.7 Å². The maximum absolute atomic E-state index is 6.36. The van der Waals surface area contributed by atoms with E-state index in [-0.39, 0.29) is 6.17 Å². The van der Waals surface area contributed by atoms with E-state index in [2.05, 4.69) is 48.1 Å². The van der Waals surface area contributed by atoms with Crippen molar-refractivity contribution in [3.8, 4) is 0 Å². The van der Waals surface area contributed by atoms with Gasteiger partial charge >= 0.3 is 0 Å². The van der Waals surface area contributed by atoms with Gasteiger partial charge in [-0.15, -0.1) is 0 Å². The molecular weight excluding hydrogens is 432 g/mol. The molecule has 0 amide bonds. The summed E-state index contributed by atoms with van der Waals surface area (Å²) in [6.45, 7) is 7.35. The van der Waals surface area contributed by atoms with Crippen LogP contribution in [0.4, 0.5) is 23.4 Å². The molecule has 0 saturated carbocycles. The lowest BCUT2D eigenvalue weighted by Crippen LogP contribution is -2.48. The highest BCUT2D eigenvalue weighted by Gasteiger charge is 2.27. The van der Waals surface area contributed by atoms with Crippen LogP contribution in [-0.2, 0) is 0 Å². The van der Waals surface area contributed by atoms with Gasteiger partial charge in [0.25, 0.3) is 0 Å². The summed E-state index contributed by atoms with van der Waals surface area (Å²) in [5.41, 5.74) is 13.3. The Labute approximate surface area is 200 Å². The van der Waals surface area contributed by atoms with Gasteiger partial charge in [0, 0.05) is 58.4 Å². The first-order valence-electron chi connectivity index (χ1n) is 12.3. The fourth-order valence-electron chi connectivity index (χ4n) is 4.77. The molecule has 184 valence electrons. The first-order chi connectivity index (χ1) is 16.6. The van der Waals surface area contributed by atoms with Crippen molar-refractivity contribution in [1.29, 1.82) is 0 Å². The van der Waals surface area contributed by atoms with Crippen LogP contribution in [0.1, 0.15) is 37.5 Å². The normalized spacial score (nSPS) is 20.3. The Bertz CT molecular complexity index is 957. The van der Waals surface area contributed by atoms with Crippen LogP contribution in [0.15, 0.2) is 17.4 Å². The van der Waals surface area contributed by atoms with Gasteiger partial charge in [-0.3, -0.25) is 0 Å². The number of nitrogens with zero attached hydrogens (tertiary/aromatic N) is 8. The van der Waals surface area contributed by atoms with Crippen LogP contribution < -0.4 is 26.6 Å². The summed E-state index contributed by atoms with van der Waals surface area (Å²) in [7, 11) is 2.09. The molecule has 5 heterocycles. The van der Waals surface area contributed by atoms with Gasteiger partial charge in [0.2, 0.25) is 5.95 Å². The summed E-state index contributed by atoms with van der Waals surface area (Å²) in [5.74, 6) is 3.77. The fraction of sp³-hybridized carbons (Fsp3) is 0.636. The van der Waals surface area contributed by atoms with Gasteiger partial charge in [-0.25, -0.2) is 4.98 Å². The number of anilines is 3. The van der Waals surface area contributed by atoms with Crippen molar-refractivity contribution in [3.63, 3.8) is 0 Å². The lowest BCUT2D eigenvalue weighted by Gasteiger charge is -2.33. The molecule has 3 aliphatic rings. The molecule has 0 bridgehead atoms. The first-order valence-corrected chi connectivity index (χ1v) is 12.3. The van der Waals surface area contributed by atoms with Gasteiger partial charge in [-0.05, 0) is 32.7 Å². The van der Waals surface area contributed by atoms with E-state index >= 15 is 0 Å². The first kappa shape index (κ1) is 22.7. The van der Waals surface area contributed by atoms with Crippen LogP contribution in [0.5, 0.6) is 0 Å². The minimum atomic E-state index is -0.365. The molecule has 3 aliphatic heterocycles. The number of H-pyrrole nitrogens is 1. The zero-order valence-corrected chi connectivity index (χ0v) is 19.9. The van der Waals surface area contributed by atoms with Crippen molar-refractivity contribution in [3.05, 3.63) is 18.1 Å². The molecule has 6 N–H and O–H groups in total. The number of nitrogens with two attached hydrogens (primary N) is 2. The molecule has 12 heteroatoms. The highest BCUT2D eigenvalue weighted by molar-refractivity contribution is 5.83. The van der Waals surface area contributed by atoms with Crippen LogP contribution in [0.2, 0.25) is 0 Å². The maximum Gasteiger partial charge on any atom is 0.229 e. The Balaban J connectivity index is 1.15. The third kappa shape index (κ3) is 4.87. The van der Waals surface area contributed by atoms with Crippen LogP contribution in [-0.4, -0.2) is 95.1 Å². The second-order valence-electron chi connectivity index (χ2n) is 9.28. The van der Waals surface area contributed by atoms with Gasteiger partial charge in [0.05, 0.1) is 12.0 Å². The molecule has 1 atom stereocenters. The summed E-state index contributed by atoms with van der Waals surface area (Å²) in [6.07, 6.45) is 6.11. The average molecular weight is 469 g/mol. The van der Waals surface area contributed by atoms with Crippen molar-refractivity contribution in [1.82, 2.24) is 29.7 Å². The predicted octanol–water partition coefficient (Wildman–Crippen LogP) is 0.663. The smallest absolute Gasteiger partial charge is 0.229 e. The van der Waals surface area contributed by atoms with E-state index in [4.69, 9.17) is 21.4 Å². The van der Waals surface area contributed by atoms with E-state index in [1.807, 2.05) is 4.90 Å². The summed E-state index contributed by atoms with van der Waals surface area (Å²) < 4.78 is 0. The van der Waals surface area contributed by atoms with E-state index in [9.17, 15) is 0 Å². The number of likely N-dealkylation sites (N-methyl/N-ethyl adjacent to an activating group) is 1. The van der Waals surface area contributed by atoms with Crippen molar-refractivity contribution < 1.29 is 0 Å². The minimum absolute atomic E-state index is 0.365. The number of aromatic nitrogens is 4. The number of imidazole rings is 1. The highest BCUT2D eigenvalue weighted by Crippen LogP contribution is 2.27. The number of hydrogen-bond acceptors (Lipinski definition) is 11. The average Bonchev–Trinajstić information content (AvgIpc) is 3.61. The van der Waals surface area contributed by atoms with E-state index in [1.54, 1.807) is 6.33 Å². The third-order valence-corrected chi connectivity index (χ3v) is 6.84. The lowest BCUT2D eigenvalue weighted by molar-refractivity contribution is 0.252. The SMILES string of the molecule is CN(CCNc1cc(N2CCCC2)nc(N2CCCC2)n1)CCN1C(N)=Nc2nc[nH]c2C1N. The zero-order valence-electron chi connectivity index (χ0n) is 19.9. The molecule has 34 heavy (non-hydrogen) atoms. The number of hydrogen-bond donors (Lipinski definition) is 4. The highest BCUT2D eigenvalue weighted by atomic mass is 15.4. The molecule has 2 aromatic heterocycles. The van der Waals surface area contributed by atoms with Gasteiger partial charge in [0.1, 0.15) is 17.8 Å². The number of nitrogens with one attached hydrogen (secondary N) is 2. The molecule has 0 aliphatic carbocycles. The van der Waals surface area contributed by atoms with Crippen molar-refractivity contribution >= 4 is 29.4 Å². The number of fused-ring (bicyclic) bond motifs is 1.